The molecule has 2 aromatic carbocycles. The lowest BCUT2D eigenvalue weighted by atomic mass is 9.91. The Bertz CT molecular complexity index is 727. The van der Waals surface area contributed by atoms with Gasteiger partial charge in [0.1, 0.15) is 11.5 Å². The predicted molar refractivity (Wildman–Crippen MR) is 98.3 cm³/mol. The van der Waals surface area contributed by atoms with Crippen molar-refractivity contribution >= 4 is 5.91 Å². The van der Waals surface area contributed by atoms with Crippen LogP contribution in [0.3, 0.4) is 0 Å². The van der Waals surface area contributed by atoms with Gasteiger partial charge in [0, 0.05) is 6.54 Å². The zero-order valence-electron chi connectivity index (χ0n) is 14.7. The number of para-hydroxylation sites is 1. The molecule has 1 aliphatic rings. The van der Waals surface area contributed by atoms with Gasteiger partial charge < -0.3 is 14.8 Å². The third kappa shape index (κ3) is 4.53. The van der Waals surface area contributed by atoms with E-state index in [9.17, 15) is 4.79 Å². The Hall–Kier alpha value is -2.49. The molecule has 0 saturated heterocycles. The number of hydrogen-bond donors (Lipinski definition) is 1. The minimum absolute atomic E-state index is 0.0579. The van der Waals surface area contributed by atoms with Gasteiger partial charge in [-0.1, -0.05) is 30.3 Å². The molecule has 0 bridgehead atoms. The third-order valence-corrected chi connectivity index (χ3v) is 4.62. The average molecular weight is 339 g/mol. The summed E-state index contributed by atoms with van der Waals surface area (Å²) in [5, 5.41) is 2.91. The SMILES string of the molecule is COc1ccccc1CCNC(=O)COc1cccc2c1CCCC2. The highest BCUT2D eigenvalue weighted by Crippen LogP contribution is 2.29. The summed E-state index contributed by atoms with van der Waals surface area (Å²) in [5.74, 6) is 1.62. The van der Waals surface area contributed by atoms with E-state index in [4.69, 9.17) is 9.47 Å². The number of ether oxygens (including phenoxy) is 2. The molecule has 0 spiro atoms. The number of methoxy groups -OCH3 is 1. The van der Waals surface area contributed by atoms with Crippen molar-refractivity contribution in [2.45, 2.75) is 32.1 Å². The highest BCUT2D eigenvalue weighted by molar-refractivity contribution is 5.77. The minimum Gasteiger partial charge on any atom is -0.496 e. The summed E-state index contributed by atoms with van der Waals surface area (Å²) in [6.45, 7) is 0.623. The molecule has 0 radical (unpaired) electrons. The molecular formula is C21H25NO3. The molecule has 4 nitrogen and oxygen atoms in total. The van der Waals surface area contributed by atoms with Gasteiger partial charge in [-0.3, -0.25) is 4.79 Å². The molecule has 1 amide bonds. The van der Waals surface area contributed by atoms with Crippen LogP contribution < -0.4 is 14.8 Å². The number of carbonyl (C=O) groups is 1. The lowest BCUT2D eigenvalue weighted by Gasteiger charge is -2.19. The number of aryl methyl sites for hydroxylation is 1. The largest absolute Gasteiger partial charge is 0.496 e. The molecule has 0 atom stereocenters. The van der Waals surface area contributed by atoms with Crippen LogP contribution in [0.5, 0.6) is 11.5 Å². The molecule has 1 aliphatic carbocycles. The standard InChI is InChI=1S/C21H25NO3/c1-24-19-11-5-3-8-17(19)13-14-22-21(23)15-25-20-12-6-9-16-7-2-4-10-18(16)20/h3,5-6,8-9,11-12H,2,4,7,10,13-15H2,1H3,(H,22,23). The van der Waals surface area contributed by atoms with Gasteiger partial charge in [-0.15, -0.1) is 0 Å². The number of rotatable bonds is 7. The molecule has 0 aliphatic heterocycles. The molecule has 1 N–H and O–H groups in total. The molecular weight excluding hydrogens is 314 g/mol. The van der Waals surface area contributed by atoms with Gasteiger partial charge in [-0.2, -0.15) is 0 Å². The van der Waals surface area contributed by atoms with E-state index in [0.29, 0.717) is 6.54 Å². The third-order valence-electron chi connectivity index (χ3n) is 4.62. The van der Waals surface area contributed by atoms with Gasteiger partial charge in [0.15, 0.2) is 6.61 Å². The average Bonchev–Trinajstić information content (AvgIpc) is 2.66. The van der Waals surface area contributed by atoms with E-state index in [-0.39, 0.29) is 12.5 Å². The Morgan fingerprint density at radius 3 is 2.72 bits per heavy atom. The van der Waals surface area contributed by atoms with Crippen molar-refractivity contribution in [3.63, 3.8) is 0 Å². The van der Waals surface area contributed by atoms with E-state index in [0.717, 1.165) is 36.3 Å². The first-order valence-corrected chi connectivity index (χ1v) is 8.90. The van der Waals surface area contributed by atoms with Gasteiger partial charge >= 0.3 is 0 Å². The Labute approximate surface area is 149 Å². The molecule has 4 heteroatoms. The van der Waals surface area contributed by atoms with Crippen LogP contribution in [0.15, 0.2) is 42.5 Å². The lowest BCUT2D eigenvalue weighted by Crippen LogP contribution is -2.30. The van der Waals surface area contributed by atoms with E-state index < -0.39 is 0 Å². The highest BCUT2D eigenvalue weighted by Gasteiger charge is 2.14. The second-order valence-electron chi connectivity index (χ2n) is 6.30. The zero-order chi connectivity index (χ0) is 17.5. The van der Waals surface area contributed by atoms with Crippen molar-refractivity contribution in [1.82, 2.24) is 5.32 Å². The lowest BCUT2D eigenvalue weighted by molar-refractivity contribution is -0.123. The fraction of sp³-hybridized carbons (Fsp3) is 0.381. The normalized spacial score (nSPS) is 13.0. The van der Waals surface area contributed by atoms with Crippen LogP contribution in [0.4, 0.5) is 0 Å². The number of hydrogen-bond acceptors (Lipinski definition) is 3. The molecule has 0 saturated carbocycles. The van der Waals surface area contributed by atoms with Crippen LogP contribution in [-0.4, -0.2) is 26.2 Å². The van der Waals surface area contributed by atoms with Gasteiger partial charge in [0.2, 0.25) is 0 Å². The Kier molecular flexibility index (Phi) is 5.94. The number of nitrogens with one attached hydrogen (secondary N) is 1. The maximum absolute atomic E-state index is 12.1. The van der Waals surface area contributed by atoms with Crippen LogP contribution in [0.1, 0.15) is 29.5 Å². The van der Waals surface area contributed by atoms with Crippen LogP contribution in [0.25, 0.3) is 0 Å². The van der Waals surface area contributed by atoms with E-state index in [2.05, 4.69) is 11.4 Å². The summed E-state index contributed by atoms with van der Waals surface area (Å²) in [6.07, 6.45) is 5.31. The number of amides is 1. The topological polar surface area (TPSA) is 47.6 Å². The summed E-state index contributed by atoms with van der Waals surface area (Å²) in [6, 6.07) is 14.0. The van der Waals surface area contributed by atoms with Gasteiger partial charge in [-0.05, 0) is 60.9 Å². The number of benzene rings is 2. The first-order chi connectivity index (χ1) is 12.3. The van der Waals surface area contributed by atoms with Crippen LogP contribution >= 0.6 is 0 Å². The molecule has 0 aromatic heterocycles. The van der Waals surface area contributed by atoms with Crippen molar-refractivity contribution < 1.29 is 14.3 Å². The summed E-state index contributed by atoms with van der Waals surface area (Å²) in [7, 11) is 1.66. The highest BCUT2D eigenvalue weighted by atomic mass is 16.5. The van der Waals surface area contributed by atoms with Gasteiger partial charge in [0.05, 0.1) is 7.11 Å². The number of fused-ring (bicyclic) bond motifs is 1. The fourth-order valence-corrected chi connectivity index (χ4v) is 3.32. The van der Waals surface area contributed by atoms with Crippen molar-refractivity contribution in [2.24, 2.45) is 0 Å². The molecule has 0 heterocycles. The van der Waals surface area contributed by atoms with Gasteiger partial charge in [0.25, 0.3) is 5.91 Å². The minimum atomic E-state index is -0.0942. The Morgan fingerprint density at radius 2 is 1.84 bits per heavy atom. The molecule has 25 heavy (non-hydrogen) atoms. The summed E-state index contributed by atoms with van der Waals surface area (Å²) in [5.41, 5.74) is 3.72. The predicted octanol–water partition coefficient (Wildman–Crippen LogP) is 3.31. The van der Waals surface area contributed by atoms with E-state index >= 15 is 0 Å². The van der Waals surface area contributed by atoms with E-state index in [1.54, 1.807) is 7.11 Å². The number of carbonyl (C=O) groups excluding carboxylic acids is 1. The van der Waals surface area contributed by atoms with Crippen LogP contribution in [0, 0.1) is 0 Å². The molecule has 3 rings (SSSR count). The summed E-state index contributed by atoms with van der Waals surface area (Å²) in [4.78, 5) is 12.1. The molecule has 0 unspecified atom stereocenters. The summed E-state index contributed by atoms with van der Waals surface area (Å²) >= 11 is 0. The van der Waals surface area contributed by atoms with Crippen molar-refractivity contribution in [3.8, 4) is 11.5 Å². The molecule has 132 valence electrons. The van der Waals surface area contributed by atoms with Crippen LogP contribution in [-0.2, 0) is 24.1 Å². The second kappa shape index (κ2) is 8.56. The first-order valence-electron chi connectivity index (χ1n) is 8.90. The van der Waals surface area contributed by atoms with Crippen molar-refractivity contribution in [2.75, 3.05) is 20.3 Å². The Morgan fingerprint density at radius 1 is 1.04 bits per heavy atom. The second-order valence-corrected chi connectivity index (χ2v) is 6.30. The maximum atomic E-state index is 12.1. The molecule has 0 fully saturated rings. The monoisotopic (exact) mass is 339 g/mol. The zero-order valence-corrected chi connectivity index (χ0v) is 14.7. The quantitative estimate of drug-likeness (QED) is 0.842. The van der Waals surface area contributed by atoms with E-state index in [1.165, 1.54) is 24.0 Å². The van der Waals surface area contributed by atoms with Crippen molar-refractivity contribution in [3.05, 3.63) is 59.2 Å². The van der Waals surface area contributed by atoms with E-state index in [1.807, 2.05) is 36.4 Å². The molecule has 2 aromatic rings. The van der Waals surface area contributed by atoms with Crippen LogP contribution in [0.2, 0.25) is 0 Å². The maximum Gasteiger partial charge on any atom is 0.257 e. The fourth-order valence-electron chi connectivity index (χ4n) is 3.32. The smallest absolute Gasteiger partial charge is 0.257 e. The van der Waals surface area contributed by atoms with Crippen molar-refractivity contribution in [1.29, 1.82) is 0 Å². The Balaban J connectivity index is 1.47. The van der Waals surface area contributed by atoms with Gasteiger partial charge in [-0.25, -0.2) is 0 Å². The first kappa shape index (κ1) is 17.3. The summed E-state index contributed by atoms with van der Waals surface area (Å²) < 4.78 is 11.1.